The Labute approximate surface area is 84.6 Å². The summed E-state index contributed by atoms with van der Waals surface area (Å²) in [5.74, 6) is 1.11. The minimum absolute atomic E-state index is 0.530. The van der Waals surface area contributed by atoms with Crippen molar-refractivity contribution >= 4 is 11.0 Å². The smallest absolute Gasteiger partial charge is 0.106 e. The van der Waals surface area contributed by atoms with Gasteiger partial charge in [-0.2, -0.15) is 0 Å². The Hall–Kier alpha value is -1.31. The van der Waals surface area contributed by atoms with E-state index < -0.39 is 0 Å². The average molecular weight is 188 g/mol. The number of rotatable bonds is 2. The molecule has 0 N–H and O–H groups in total. The van der Waals surface area contributed by atoms with Crippen LogP contribution in [0.2, 0.25) is 0 Å². The SMILES string of the molecule is CC[C@H](C)n1c(C)nc2ccccc21. The van der Waals surface area contributed by atoms with E-state index in [0.717, 1.165) is 17.8 Å². The van der Waals surface area contributed by atoms with Gasteiger partial charge in [-0.1, -0.05) is 19.1 Å². The van der Waals surface area contributed by atoms with Gasteiger partial charge < -0.3 is 4.57 Å². The molecule has 0 fully saturated rings. The molecule has 2 heteroatoms. The third-order valence-corrected chi connectivity index (χ3v) is 2.80. The molecule has 1 heterocycles. The summed E-state index contributed by atoms with van der Waals surface area (Å²) in [6.45, 7) is 6.52. The Morgan fingerprint density at radius 1 is 1.36 bits per heavy atom. The highest BCUT2D eigenvalue weighted by atomic mass is 15.1. The predicted molar refractivity (Wildman–Crippen MR) is 59.5 cm³/mol. The fourth-order valence-electron chi connectivity index (χ4n) is 1.90. The second kappa shape index (κ2) is 3.45. The summed E-state index contributed by atoms with van der Waals surface area (Å²) in [5, 5.41) is 0. The standard InChI is InChI=1S/C12H16N2/c1-4-9(2)14-10(3)13-11-7-5-6-8-12(11)14/h5-9H,4H2,1-3H3/t9-/m0/s1. The highest BCUT2D eigenvalue weighted by Gasteiger charge is 2.10. The molecule has 0 radical (unpaired) electrons. The molecule has 0 amide bonds. The summed E-state index contributed by atoms with van der Waals surface area (Å²) in [7, 11) is 0. The number of para-hydroxylation sites is 2. The lowest BCUT2D eigenvalue weighted by atomic mass is 10.2. The van der Waals surface area contributed by atoms with Gasteiger partial charge in [0, 0.05) is 6.04 Å². The van der Waals surface area contributed by atoms with Crippen LogP contribution in [0.1, 0.15) is 32.1 Å². The van der Waals surface area contributed by atoms with E-state index >= 15 is 0 Å². The highest BCUT2D eigenvalue weighted by Crippen LogP contribution is 2.21. The predicted octanol–water partition coefficient (Wildman–Crippen LogP) is 3.32. The van der Waals surface area contributed by atoms with Crippen LogP contribution in [-0.2, 0) is 0 Å². The molecule has 14 heavy (non-hydrogen) atoms. The molecule has 0 saturated heterocycles. The van der Waals surface area contributed by atoms with Crippen molar-refractivity contribution < 1.29 is 0 Å². The molecule has 2 rings (SSSR count). The monoisotopic (exact) mass is 188 g/mol. The maximum Gasteiger partial charge on any atom is 0.106 e. The molecule has 2 aromatic rings. The Morgan fingerprint density at radius 3 is 2.79 bits per heavy atom. The fraction of sp³-hybridized carbons (Fsp3) is 0.417. The van der Waals surface area contributed by atoms with Crippen molar-refractivity contribution in [1.29, 1.82) is 0 Å². The van der Waals surface area contributed by atoms with Crippen LogP contribution in [-0.4, -0.2) is 9.55 Å². The minimum atomic E-state index is 0.530. The van der Waals surface area contributed by atoms with Gasteiger partial charge in [0.05, 0.1) is 11.0 Å². The molecule has 2 nitrogen and oxygen atoms in total. The van der Waals surface area contributed by atoms with E-state index in [-0.39, 0.29) is 0 Å². The molecule has 0 bridgehead atoms. The van der Waals surface area contributed by atoms with E-state index in [1.54, 1.807) is 0 Å². The minimum Gasteiger partial charge on any atom is -0.325 e. The zero-order valence-corrected chi connectivity index (χ0v) is 8.99. The van der Waals surface area contributed by atoms with Crippen molar-refractivity contribution in [3.8, 4) is 0 Å². The Kier molecular flexibility index (Phi) is 2.28. The first kappa shape index (κ1) is 9.25. The van der Waals surface area contributed by atoms with Gasteiger partial charge in [0.25, 0.3) is 0 Å². The first-order valence-corrected chi connectivity index (χ1v) is 5.17. The van der Waals surface area contributed by atoms with Gasteiger partial charge >= 0.3 is 0 Å². The summed E-state index contributed by atoms with van der Waals surface area (Å²) < 4.78 is 2.31. The van der Waals surface area contributed by atoms with Crippen molar-refractivity contribution in [1.82, 2.24) is 9.55 Å². The number of fused-ring (bicyclic) bond motifs is 1. The van der Waals surface area contributed by atoms with Crippen molar-refractivity contribution in [3.63, 3.8) is 0 Å². The summed E-state index contributed by atoms with van der Waals surface area (Å²) in [6.07, 6.45) is 1.14. The first-order chi connectivity index (χ1) is 6.74. The summed E-state index contributed by atoms with van der Waals surface area (Å²) in [4.78, 5) is 4.55. The van der Waals surface area contributed by atoms with Crippen LogP contribution in [0.15, 0.2) is 24.3 Å². The van der Waals surface area contributed by atoms with Crippen LogP contribution >= 0.6 is 0 Å². The van der Waals surface area contributed by atoms with Crippen molar-refractivity contribution in [2.75, 3.05) is 0 Å². The average Bonchev–Trinajstić information content (AvgIpc) is 2.53. The largest absolute Gasteiger partial charge is 0.325 e. The second-order valence-corrected chi connectivity index (χ2v) is 3.78. The van der Waals surface area contributed by atoms with Crippen molar-refractivity contribution in [2.45, 2.75) is 33.2 Å². The third kappa shape index (κ3) is 1.31. The van der Waals surface area contributed by atoms with Crippen LogP contribution in [0, 0.1) is 6.92 Å². The fourth-order valence-corrected chi connectivity index (χ4v) is 1.90. The number of imidazole rings is 1. The molecule has 0 aliphatic rings. The Balaban J connectivity index is 2.67. The van der Waals surface area contributed by atoms with Crippen molar-refractivity contribution in [3.05, 3.63) is 30.1 Å². The molecule has 0 spiro atoms. The van der Waals surface area contributed by atoms with Gasteiger partial charge in [-0.3, -0.25) is 0 Å². The molecular weight excluding hydrogens is 172 g/mol. The number of benzene rings is 1. The Morgan fingerprint density at radius 2 is 2.07 bits per heavy atom. The summed E-state index contributed by atoms with van der Waals surface area (Å²) >= 11 is 0. The van der Waals surface area contributed by atoms with Gasteiger partial charge in [-0.15, -0.1) is 0 Å². The van der Waals surface area contributed by atoms with Gasteiger partial charge in [0.2, 0.25) is 0 Å². The van der Waals surface area contributed by atoms with Gasteiger partial charge in [-0.05, 0) is 32.4 Å². The van der Waals surface area contributed by atoms with Gasteiger partial charge in [0.1, 0.15) is 5.82 Å². The van der Waals surface area contributed by atoms with Crippen LogP contribution < -0.4 is 0 Å². The maximum atomic E-state index is 4.55. The van der Waals surface area contributed by atoms with Crippen LogP contribution in [0.4, 0.5) is 0 Å². The molecular formula is C12H16N2. The molecule has 74 valence electrons. The molecule has 1 aromatic heterocycles. The molecule has 1 aromatic carbocycles. The van der Waals surface area contributed by atoms with Gasteiger partial charge in [0.15, 0.2) is 0 Å². The number of hydrogen-bond donors (Lipinski definition) is 0. The number of aromatic nitrogens is 2. The van der Waals surface area contributed by atoms with Crippen LogP contribution in [0.5, 0.6) is 0 Å². The topological polar surface area (TPSA) is 17.8 Å². The lowest BCUT2D eigenvalue weighted by Crippen LogP contribution is -2.05. The van der Waals surface area contributed by atoms with E-state index in [1.165, 1.54) is 5.52 Å². The lowest BCUT2D eigenvalue weighted by Gasteiger charge is -2.13. The molecule has 0 saturated carbocycles. The number of nitrogens with zero attached hydrogens (tertiary/aromatic N) is 2. The number of aryl methyl sites for hydroxylation is 1. The maximum absolute atomic E-state index is 4.55. The first-order valence-electron chi connectivity index (χ1n) is 5.17. The van der Waals surface area contributed by atoms with E-state index in [4.69, 9.17) is 0 Å². The molecule has 0 aliphatic heterocycles. The lowest BCUT2D eigenvalue weighted by molar-refractivity contribution is 0.532. The quantitative estimate of drug-likeness (QED) is 0.707. The molecule has 0 unspecified atom stereocenters. The second-order valence-electron chi connectivity index (χ2n) is 3.78. The normalized spacial score (nSPS) is 13.4. The van der Waals surface area contributed by atoms with Crippen molar-refractivity contribution in [2.24, 2.45) is 0 Å². The van der Waals surface area contributed by atoms with Gasteiger partial charge in [-0.25, -0.2) is 4.98 Å². The van der Waals surface area contributed by atoms with E-state index in [1.807, 2.05) is 6.07 Å². The summed E-state index contributed by atoms with van der Waals surface area (Å²) in [6, 6.07) is 8.85. The zero-order chi connectivity index (χ0) is 10.1. The van der Waals surface area contributed by atoms with Crippen LogP contribution in [0.3, 0.4) is 0 Å². The molecule has 0 aliphatic carbocycles. The zero-order valence-electron chi connectivity index (χ0n) is 8.99. The molecule has 1 atom stereocenters. The highest BCUT2D eigenvalue weighted by molar-refractivity contribution is 5.75. The summed E-state index contributed by atoms with van der Waals surface area (Å²) in [5.41, 5.74) is 2.35. The van der Waals surface area contributed by atoms with E-state index in [9.17, 15) is 0 Å². The Bertz CT molecular complexity index is 443. The number of hydrogen-bond acceptors (Lipinski definition) is 1. The van der Waals surface area contributed by atoms with E-state index in [0.29, 0.717) is 6.04 Å². The third-order valence-electron chi connectivity index (χ3n) is 2.80. The van der Waals surface area contributed by atoms with E-state index in [2.05, 4.69) is 48.5 Å². The van der Waals surface area contributed by atoms with Crippen LogP contribution in [0.25, 0.3) is 11.0 Å².